The monoisotopic (exact) mass is 340 g/mol. The van der Waals surface area contributed by atoms with Crippen molar-refractivity contribution in [3.8, 4) is 5.75 Å². The number of carbonyl (C=O) groups excluding carboxylic acids is 2. The van der Waals surface area contributed by atoms with E-state index in [0.717, 1.165) is 16.7 Å². The van der Waals surface area contributed by atoms with E-state index in [-0.39, 0.29) is 6.61 Å². The second kappa shape index (κ2) is 8.49. The molecule has 0 unspecified atom stereocenters. The van der Waals surface area contributed by atoms with Crippen molar-refractivity contribution >= 4 is 23.8 Å². The quantitative estimate of drug-likeness (QED) is 0.555. The minimum Gasteiger partial charge on any atom is -0.484 e. The second-order valence-electron chi connectivity index (χ2n) is 5.52. The van der Waals surface area contributed by atoms with Crippen molar-refractivity contribution in [1.29, 1.82) is 0 Å². The van der Waals surface area contributed by atoms with Crippen LogP contribution in [0.15, 0.2) is 47.6 Å². The fourth-order valence-electron chi connectivity index (χ4n) is 2.18. The first-order valence-corrected chi connectivity index (χ1v) is 7.62. The van der Waals surface area contributed by atoms with Gasteiger partial charge in [-0.15, -0.1) is 0 Å². The average molecular weight is 340 g/mol. The Hall–Kier alpha value is -3.35. The van der Waals surface area contributed by atoms with E-state index in [4.69, 9.17) is 10.5 Å². The molecule has 0 aliphatic heterocycles. The molecule has 25 heavy (non-hydrogen) atoms. The number of aryl methyl sites for hydroxylation is 2. The molecule has 0 aliphatic rings. The predicted molar refractivity (Wildman–Crippen MR) is 96.8 cm³/mol. The Morgan fingerprint density at radius 2 is 1.76 bits per heavy atom. The van der Waals surface area contributed by atoms with Crippen molar-refractivity contribution in [1.82, 2.24) is 5.43 Å². The summed E-state index contributed by atoms with van der Waals surface area (Å²) in [5, 5.41) is 6.60. The first-order valence-electron chi connectivity index (χ1n) is 7.62. The number of nitrogens with two attached hydrogens (primary N) is 1. The predicted octanol–water partition coefficient (Wildman–Crippen LogP) is 2.32. The summed E-state index contributed by atoms with van der Waals surface area (Å²) in [7, 11) is 0. The van der Waals surface area contributed by atoms with Gasteiger partial charge in [0.25, 0.3) is 5.91 Å². The largest absolute Gasteiger partial charge is 0.484 e. The number of amides is 3. The lowest BCUT2D eigenvalue weighted by Crippen LogP contribution is -2.24. The van der Waals surface area contributed by atoms with Crippen LogP contribution in [0, 0.1) is 13.8 Å². The van der Waals surface area contributed by atoms with Crippen molar-refractivity contribution in [2.45, 2.75) is 13.8 Å². The minimum absolute atomic E-state index is 0.173. The molecule has 130 valence electrons. The van der Waals surface area contributed by atoms with Crippen molar-refractivity contribution in [2.24, 2.45) is 10.8 Å². The highest BCUT2D eigenvalue weighted by molar-refractivity contribution is 5.90. The summed E-state index contributed by atoms with van der Waals surface area (Å²) in [5.41, 5.74) is 11.0. The first kappa shape index (κ1) is 18.0. The van der Waals surface area contributed by atoms with Gasteiger partial charge >= 0.3 is 6.03 Å². The van der Waals surface area contributed by atoms with E-state index in [1.54, 1.807) is 24.3 Å². The third kappa shape index (κ3) is 6.34. The number of hydrogen-bond donors (Lipinski definition) is 3. The number of rotatable bonds is 6. The van der Waals surface area contributed by atoms with Crippen LogP contribution in [-0.4, -0.2) is 24.8 Å². The lowest BCUT2D eigenvalue weighted by atomic mass is 10.1. The van der Waals surface area contributed by atoms with E-state index in [1.165, 1.54) is 6.21 Å². The zero-order chi connectivity index (χ0) is 18.2. The molecule has 0 saturated carbocycles. The first-order chi connectivity index (χ1) is 11.9. The number of ether oxygens (including phenoxy) is 1. The van der Waals surface area contributed by atoms with Crippen LogP contribution in [0.1, 0.15) is 16.7 Å². The van der Waals surface area contributed by atoms with Gasteiger partial charge in [0.1, 0.15) is 5.75 Å². The van der Waals surface area contributed by atoms with Gasteiger partial charge in [-0.05, 0) is 66.9 Å². The zero-order valence-corrected chi connectivity index (χ0v) is 14.1. The Bertz CT molecular complexity index is 765. The standard InChI is InChI=1S/C18H20N4O3/c1-12-7-13(2)9-15(8-12)21-18(24)22-20-10-14-3-5-16(6-4-14)25-11-17(19)23/h3-10H,11H2,1-2H3,(H2,19,23)(H2,21,22,24)/b20-10+. The molecule has 2 rings (SSSR count). The number of anilines is 1. The maximum Gasteiger partial charge on any atom is 0.339 e. The Balaban J connectivity index is 1.85. The van der Waals surface area contributed by atoms with Gasteiger partial charge in [0.05, 0.1) is 6.21 Å². The number of benzene rings is 2. The molecule has 2 aromatic rings. The maximum absolute atomic E-state index is 11.8. The molecule has 0 aliphatic carbocycles. The average Bonchev–Trinajstić information content (AvgIpc) is 2.53. The van der Waals surface area contributed by atoms with Crippen LogP contribution in [0.25, 0.3) is 0 Å². The zero-order valence-electron chi connectivity index (χ0n) is 14.1. The maximum atomic E-state index is 11.8. The van der Waals surface area contributed by atoms with Crippen LogP contribution in [0.4, 0.5) is 10.5 Å². The smallest absolute Gasteiger partial charge is 0.339 e. The molecule has 0 bridgehead atoms. The molecular weight excluding hydrogens is 320 g/mol. The summed E-state index contributed by atoms with van der Waals surface area (Å²) in [4.78, 5) is 22.5. The van der Waals surface area contributed by atoms with E-state index in [0.29, 0.717) is 11.4 Å². The van der Waals surface area contributed by atoms with Crippen molar-refractivity contribution in [3.63, 3.8) is 0 Å². The molecule has 0 spiro atoms. The Kier molecular flexibility index (Phi) is 6.11. The lowest BCUT2D eigenvalue weighted by Gasteiger charge is -2.06. The summed E-state index contributed by atoms with van der Waals surface area (Å²) in [6, 6.07) is 12.2. The number of hydrazone groups is 1. The highest BCUT2D eigenvalue weighted by atomic mass is 16.5. The van der Waals surface area contributed by atoms with Crippen molar-refractivity contribution in [2.75, 3.05) is 11.9 Å². The van der Waals surface area contributed by atoms with Gasteiger partial charge in [-0.25, -0.2) is 10.2 Å². The van der Waals surface area contributed by atoms with Gasteiger partial charge < -0.3 is 15.8 Å². The van der Waals surface area contributed by atoms with Crippen LogP contribution in [0.3, 0.4) is 0 Å². The Morgan fingerprint density at radius 3 is 2.36 bits per heavy atom. The van der Waals surface area contributed by atoms with Gasteiger partial charge in [-0.2, -0.15) is 5.10 Å². The molecule has 7 heteroatoms. The number of carbonyl (C=O) groups is 2. The van der Waals surface area contributed by atoms with Gasteiger partial charge in [0.15, 0.2) is 6.61 Å². The second-order valence-corrected chi connectivity index (χ2v) is 5.52. The van der Waals surface area contributed by atoms with Crippen molar-refractivity contribution < 1.29 is 14.3 Å². The normalized spacial score (nSPS) is 10.5. The molecule has 0 saturated heterocycles. The molecule has 4 N–H and O–H groups in total. The third-order valence-corrected chi connectivity index (χ3v) is 3.12. The molecule has 0 fully saturated rings. The summed E-state index contributed by atoms with van der Waals surface area (Å²) in [5.74, 6) is -0.0128. The Morgan fingerprint density at radius 1 is 1.12 bits per heavy atom. The van der Waals surface area contributed by atoms with Gasteiger partial charge in [0.2, 0.25) is 0 Å². The molecular formula is C18H20N4O3. The number of hydrogen-bond acceptors (Lipinski definition) is 4. The lowest BCUT2D eigenvalue weighted by molar-refractivity contribution is -0.119. The SMILES string of the molecule is Cc1cc(C)cc(NC(=O)N/N=C/c2ccc(OCC(N)=O)cc2)c1. The molecule has 7 nitrogen and oxygen atoms in total. The molecule has 3 amide bonds. The van der Waals surface area contributed by atoms with Crippen LogP contribution in [0.2, 0.25) is 0 Å². The van der Waals surface area contributed by atoms with E-state index in [2.05, 4.69) is 15.8 Å². The van der Waals surface area contributed by atoms with Gasteiger partial charge in [0, 0.05) is 5.69 Å². The van der Waals surface area contributed by atoms with Crippen LogP contribution < -0.4 is 21.2 Å². The molecule has 0 heterocycles. The molecule has 2 aromatic carbocycles. The number of primary amides is 1. The number of nitrogens with zero attached hydrogens (tertiary/aromatic N) is 1. The van der Waals surface area contributed by atoms with Crippen LogP contribution >= 0.6 is 0 Å². The minimum atomic E-state index is -0.537. The van der Waals surface area contributed by atoms with E-state index in [9.17, 15) is 9.59 Å². The molecule has 0 atom stereocenters. The highest BCUT2D eigenvalue weighted by Crippen LogP contribution is 2.13. The summed E-state index contributed by atoms with van der Waals surface area (Å²) < 4.78 is 5.15. The highest BCUT2D eigenvalue weighted by Gasteiger charge is 2.01. The fourth-order valence-corrected chi connectivity index (χ4v) is 2.18. The van der Waals surface area contributed by atoms with Crippen LogP contribution in [-0.2, 0) is 4.79 Å². The fraction of sp³-hybridized carbons (Fsp3) is 0.167. The van der Waals surface area contributed by atoms with E-state index >= 15 is 0 Å². The number of nitrogens with one attached hydrogen (secondary N) is 2. The van der Waals surface area contributed by atoms with Gasteiger partial charge in [-0.1, -0.05) is 6.07 Å². The van der Waals surface area contributed by atoms with Gasteiger partial charge in [-0.3, -0.25) is 4.79 Å². The van der Waals surface area contributed by atoms with E-state index in [1.807, 2.05) is 32.0 Å². The van der Waals surface area contributed by atoms with Crippen LogP contribution in [0.5, 0.6) is 5.75 Å². The summed E-state index contributed by atoms with van der Waals surface area (Å²) in [6.45, 7) is 3.75. The summed E-state index contributed by atoms with van der Waals surface area (Å²) in [6.07, 6.45) is 1.50. The molecule has 0 aromatic heterocycles. The Labute approximate surface area is 145 Å². The molecule has 0 radical (unpaired) electrons. The van der Waals surface area contributed by atoms with E-state index < -0.39 is 11.9 Å². The number of urea groups is 1. The summed E-state index contributed by atoms with van der Waals surface area (Å²) >= 11 is 0. The topological polar surface area (TPSA) is 106 Å². The van der Waals surface area contributed by atoms with Crippen molar-refractivity contribution in [3.05, 3.63) is 59.2 Å². The third-order valence-electron chi connectivity index (χ3n) is 3.12.